The molecule has 0 spiro atoms. The molecule has 1 heterocycles. The van der Waals surface area contributed by atoms with E-state index < -0.39 is 0 Å². The average Bonchev–Trinajstić information content (AvgIpc) is 2.59. The minimum absolute atomic E-state index is 0. The Balaban J connectivity index is 0.00000261. The van der Waals surface area contributed by atoms with E-state index in [0.717, 1.165) is 5.56 Å². The smallest absolute Gasteiger partial charge is 0.308 e. The highest BCUT2D eigenvalue weighted by atomic mass is 35.5. The third-order valence-corrected chi connectivity index (χ3v) is 3.72. The second-order valence-corrected chi connectivity index (χ2v) is 5.69. The molecule has 27 heavy (non-hydrogen) atoms. The molecule has 0 radical (unpaired) electrons. The molecule has 2 aromatic carbocycles. The molecular formula is C19H20ClN3O4. The zero-order chi connectivity index (χ0) is 18.7. The van der Waals surface area contributed by atoms with E-state index in [-0.39, 0.29) is 24.1 Å². The monoisotopic (exact) mass is 389 g/mol. The molecule has 2 N–H and O–H groups in total. The maximum atomic E-state index is 11.2. The summed E-state index contributed by atoms with van der Waals surface area (Å²) in [5.41, 5.74) is 2.13. The number of benzene rings is 2. The SMILES string of the molecule is CCOc1cc2c(Nc3ccc(C)c(OC(C)=O)c3)ncnc2cc1O.Cl. The number of esters is 1. The summed E-state index contributed by atoms with van der Waals surface area (Å²) in [6.45, 7) is 5.49. The third kappa shape index (κ3) is 4.57. The van der Waals surface area contributed by atoms with E-state index in [1.165, 1.54) is 19.3 Å². The van der Waals surface area contributed by atoms with Crippen molar-refractivity contribution in [3.05, 3.63) is 42.2 Å². The van der Waals surface area contributed by atoms with Crippen LogP contribution in [0.3, 0.4) is 0 Å². The lowest BCUT2D eigenvalue weighted by molar-refractivity contribution is -0.131. The standard InChI is InChI=1S/C19H19N3O4.ClH/c1-4-25-18-8-14-15(9-16(18)24)20-10-21-19(14)22-13-6-5-11(2)17(7-13)26-12(3)23;/h5-10,24H,4H2,1-3H3,(H,20,21,22);1H. The number of nitrogens with one attached hydrogen (secondary N) is 1. The van der Waals surface area contributed by atoms with Crippen LogP contribution < -0.4 is 14.8 Å². The quantitative estimate of drug-likeness (QED) is 0.500. The summed E-state index contributed by atoms with van der Waals surface area (Å²) >= 11 is 0. The first-order valence-electron chi connectivity index (χ1n) is 8.14. The number of carbonyl (C=O) groups excluding carboxylic acids is 1. The van der Waals surface area contributed by atoms with Gasteiger partial charge in [0.1, 0.15) is 17.9 Å². The summed E-state index contributed by atoms with van der Waals surface area (Å²) in [4.78, 5) is 19.7. The molecule has 3 aromatic rings. The number of fused-ring (bicyclic) bond motifs is 1. The number of hydrogen-bond acceptors (Lipinski definition) is 7. The van der Waals surface area contributed by atoms with E-state index in [4.69, 9.17) is 9.47 Å². The van der Waals surface area contributed by atoms with Crippen molar-refractivity contribution in [2.45, 2.75) is 20.8 Å². The maximum Gasteiger partial charge on any atom is 0.308 e. The largest absolute Gasteiger partial charge is 0.504 e. The van der Waals surface area contributed by atoms with Crippen LogP contribution in [0.25, 0.3) is 10.9 Å². The van der Waals surface area contributed by atoms with E-state index in [1.54, 1.807) is 12.1 Å². The molecule has 0 aliphatic carbocycles. The maximum absolute atomic E-state index is 11.2. The number of carbonyl (C=O) groups is 1. The molecule has 0 atom stereocenters. The molecule has 7 nitrogen and oxygen atoms in total. The fraction of sp³-hybridized carbons (Fsp3) is 0.211. The summed E-state index contributed by atoms with van der Waals surface area (Å²) in [5, 5.41) is 13.9. The van der Waals surface area contributed by atoms with E-state index in [1.807, 2.05) is 26.0 Å². The van der Waals surface area contributed by atoms with E-state index >= 15 is 0 Å². The first-order valence-corrected chi connectivity index (χ1v) is 8.14. The average molecular weight is 390 g/mol. The van der Waals surface area contributed by atoms with E-state index in [0.29, 0.717) is 40.5 Å². The molecule has 142 valence electrons. The van der Waals surface area contributed by atoms with E-state index in [2.05, 4.69) is 15.3 Å². The van der Waals surface area contributed by atoms with Crippen LogP contribution in [0.1, 0.15) is 19.4 Å². The van der Waals surface area contributed by atoms with Crippen molar-refractivity contribution >= 4 is 40.8 Å². The van der Waals surface area contributed by atoms with Gasteiger partial charge in [-0.1, -0.05) is 6.07 Å². The van der Waals surface area contributed by atoms with Gasteiger partial charge >= 0.3 is 5.97 Å². The van der Waals surface area contributed by atoms with Gasteiger partial charge in [0.15, 0.2) is 11.5 Å². The Hall–Kier alpha value is -3.06. The number of hydrogen-bond donors (Lipinski definition) is 2. The molecule has 8 heteroatoms. The molecule has 1 aromatic heterocycles. The van der Waals surface area contributed by atoms with Gasteiger partial charge in [-0.15, -0.1) is 12.4 Å². The molecule has 0 unspecified atom stereocenters. The number of aromatic hydroxyl groups is 1. The topological polar surface area (TPSA) is 93.6 Å². The molecule has 3 rings (SSSR count). The first-order chi connectivity index (χ1) is 12.5. The number of aromatic nitrogens is 2. The van der Waals surface area contributed by atoms with Gasteiger partial charge in [-0.05, 0) is 31.5 Å². The molecule has 0 fully saturated rings. The predicted octanol–water partition coefficient (Wildman–Crippen LogP) is 4.13. The normalized spacial score (nSPS) is 10.2. The number of phenolic OH excluding ortho intramolecular Hbond substituents is 1. The molecular weight excluding hydrogens is 370 g/mol. The highest BCUT2D eigenvalue weighted by molar-refractivity contribution is 5.93. The molecule has 0 amide bonds. The molecule has 0 aliphatic heterocycles. The van der Waals surface area contributed by atoms with Gasteiger partial charge in [-0.25, -0.2) is 9.97 Å². The summed E-state index contributed by atoms with van der Waals surface area (Å²) in [5.74, 6) is 1.04. The van der Waals surface area contributed by atoms with Gasteiger partial charge in [-0.2, -0.15) is 0 Å². The number of nitrogens with zero attached hydrogens (tertiary/aromatic N) is 2. The van der Waals surface area contributed by atoms with Crippen molar-refractivity contribution in [3.8, 4) is 17.2 Å². The lowest BCUT2D eigenvalue weighted by Crippen LogP contribution is -2.03. The van der Waals surface area contributed by atoms with Crippen LogP contribution >= 0.6 is 12.4 Å². The molecule has 0 saturated carbocycles. The number of rotatable bonds is 5. The van der Waals surface area contributed by atoms with Gasteiger partial charge in [0.05, 0.1) is 12.1 Å². The van der Waals surface area contributed by atoms with Crippen LogP contribution in [-0.4, -0.2) is 27.7 Å². The second-order valence-electron chi connectivity index (χ2n) is 5.69. The van der Waals surface area contributed by atoms with Crippen LogP contribution in [0, 0.1) is 6.92 Å². The number of ether oxygens (including phenoxy) is 2. The van der Waals surface area contributed by atoms with Crippen molar-refractivity contribution in [2.24, 2.45) is 0 Å². The first kappa shape index (κ1) is 20.3. The Kier molecular flexibility index (Phi) is 6.41. The van der Waals surface area contributed by atoms with Crippen LogP contribution in [0.2, 0.25) is 0 Å². The Morgan fingerprint density at radius 1 is 1.19 bits per heavy atom. The van der Waals surface area contributed by atoms with Gasteiger partial charge in [-0.3, -0.25) is 4.79 Å². The number of aryl methyl sites for hydroxylation is 1. The van der Waals surface area contributed by atoms with Crippen molar-refractivity contribution in [1.82, 2.24) is 9.97 Å². The summed E-state index contributed by atoms with van der Waals surface area (Å²) in [6.07, 6.45) is 1.41. The zero-order valence-corrected chi connectivity index (χ0v) is 16.0. The fourth-order valence-electron chi connectivity index (χ4n) is 2.52. The minimum atomic E-state index is -0.380. The molecule has 0 saturated heterocycles. The number of anilines is 2. The van der Waals surface area contributed by atoms with E-state index in [9.17, 15) is 9.90 Å². The summed E-state index contributed by atoms with van der Waals surface area (Å²) < 4.78 is 10.7. The van der Waals surface area contributed by atoms with Crippen LogP contribution in [-0.2, 0) is 4.79 Å². The van der Waals surface area contributed by atoms with Crippen molar-refractivity contribution in [2.75, 3.05) is 11.9 Å². The lowest BCUT2D eigenvalue weighted by atomic mass is 10.2. The highest BCUT2D eigenvalue weighted by Crippen LogP contribution is 2.34. The number of phenols is 1. The predicted molar refractivity (Wildman–Crippen MR) is 105 cm³/mol. The third-order valence-electron chi connectivity index (χ3n) is 3.72. The Morgan fingerprint density at radius 2 is 1.96 bits per heavy atom. The summed E-state index contributed by atoms with van der Waals surface area (Å²) in [7, 11) is 0. The summed E-state index contributed by atoms with van der Waals surface area (Å²) in [6, 6.07) is 8.67. The molecule has 0 bridgehead atoms. The fourth-order valence-corrected chi connectivity index (χ4v) is 2.52. The Labute approximate surface area is 162 Å². The van der Waals surface area contributed by atoms with Gasteiger partial charge in [0.2, 0.25) is 0 Å². The van der Waals surface area contributed by atoms with Crippen molar-refractivity contribution in [3.63, 3.8) is 0 Å². The second kappa shape index (κ2) is 8.55. The Morgan fingerprint density at radius 3 is 2.67 bits per heavy atom. The molecule has 0 aliphatic rings. The van der Waals surface area contributed by atoms with Gasteiger partial charge in [0, 0.05) is 30.1 Å². The number of halogens is 1. The van der Waals surface area contributed by atoms with Gasteiger partial charge < -0.3 is 19.9 Å². The van der Waals surface area contributed by atoms with Crippen LogP contribution in [0.5, 0.6) is 17.2 Å². The van der Waals surface area contributed by atoms with Crippen LogP contribution in [0.15, 0.2) is 36.7 Å². The lowest BCUT2D eigenvalue weighted by Gasteiger charge is -2.13. The highest BCUT2D eigenvalue weighted by Gasteiger charge is 2.11. The Bertz CT molecular complexity index is 979. The van der Waals surface area contributed by atoms with Crippen molar-refractivity contribution < 1.29 is 19.4 Å². The van der Waals surface area contributed by atoms with Crippen molar-refractivity contribution in [1.29, 1.82) is 0 Å². The zero-order valence-electron chi connectivity index (χ0n) is 15.1. The van der Waals surface area contributed by atoms with Crippen LogP contribution in [0.4, 0.5) is 11.5 Å². The minimum Gasteiger partial charge on any atom is -0.504 e. The van der Waals surface area contributed by atoms with Gasteiger partial charge in [0.25, 0.3) is 0 Å².